The maximum Gasteiger partial charge on any atom is 0.258 e. The van der Waals surface area contributed by atoms with Crippen molar-refractivity contribution in [3.05, 3.63) is 53.6 Å². The average Bonchev–Trinajstić information content (AvgIpc) is 3.00. The van der Waals surface area contributed by atoms with Crippen molar-refractivity contribution >= 4 is 0 Å². The van der Waals surface area contributed by atoms with Gasteiger partial charge < -0.3 is 4.52 Å². The molecule has 0 unspecified atom stereocenters. The molecule has 0 aliphatic rings. The molecule has 5 nitrogen and oxygen atoms in total. The smallest absolute Gasteiger partial charge is 0.258 e. The number of hydrogen-bond acceptors (Lipinski definition) is 5. The molecule has 0 fully saturated rings. The van der Waals surface area contributed by atoms with Crippen LogP contribution in [0.5, 0.6) is 0 Å². The van der Waals surface area contributed by atoms with Gasteiger partial charge in [0.15, 0.2) is 0 Å². The lowest BCUT2D eigenvalue weighted by atomic mass is 10.1. The first-order valence-corrected chi connectivity index (χ1v) is 6.14. The summed E-state index contributed by atoms with van der Waals surface area (Å²) in [5.74, 6) is 0.365. The molecular formula is C15H9FN4O. The monoisotopic (exact) mass is 280 g/mol. The largest absolute Gasteiger partial charge is 0.334 e. The molecule has 0 aliphatic heterocycles. The van der Waals surface area contributed by atoms with Crippen molar-refractivity contribution in [2.45, 2.75) is 6.92 Å². The molecule has 0 amide bonds. The summed E-state index contributed by atoms with van der Waals surface area (Å²) in [7, 11) is 0. The molecule has 0 bridgehead atoms. The third-order valence-corrected chi connectivity index (χ3v) is 2.96. The Labute approximate surface area is 119 Å². The van der Waals surface area contributed by atoms with Gasteiger partial charge in [-0.25, -0.2) is 9.37 Å². The summed E-state index contributed by atoms with van der Waals surface area (Å²) in [5, 5.41) is 12.7. The van der Waals surface area contributed by atoms with Crippen LogP contribution in [0.4, 0.5) is 4.39 Å². The normalized spacial score (nSPS) is 10.3. The van der Waals surface area contributed by atoms with E-state index in [1.807, 2.05) is 6.07 Å². The van der Waals surface area contributed by atoms with Gasteiger partial charge >= 0.3 is 0 Å². The first kappa shape index (κ1) is 12.9. The van der Waals surface area contributed by atoms with Crippen LogP contribution in [0.25, 0.3) is 22.8 Å². The minimum absolute atomic E-state index is 0.268. The molecule has 0 saturated carbocycles. The van der Waals surface area contributed by atoms with Gasteiger partial charge in [0.25, 0.3) is 5.89 Å². The number of aromatic nitrogens is 3. The zero-order chi connectivity index (χ0) is 14.8. The Kier molecular flexibility index (Phi) is 3.16. The molecule has 102 valence electrons. The number of nitrogens with zero attached hydrogens (tertiary/aromatic N) is 4. The Bertz CT molecular complexity index is 851. The standard InChI is InChI=1S/C15H9FN4O/c1-9-6-10(2-3-13(9)16)14-19-15(21-20-14)11-4-5-18-12(7-11)8-17/h2-7H,1H3. The van der Waals surface area contributed by atoms with Crippen molar-refractivity contribution in [3.63, 3.8) is 0 Å². The van der Waals surface area contributed by atoms with E-state index in [0.717, 1.165) is 0 Å². The first-order chi connectivity index (χ1) is 10.2. The van der Waals surface area contributed by atoms with E-state index < -0.39 is 0 Å². The summed E-state index contributed by atoms with van der Waals surface area (Å²) >= 11 is 0. The van der Waals surface area contributed by atoms with E-state index in [9.17, 15) is 4.39 Å². The maximum atomic E-state index is 13.3. The van der Waals surface area contributed by atoms with Crippen molar-refractivity contribution in [2.75, 3.05) is 0 Å². The molecule has 0 atom stereocenters. The van der Waals surface area contributed by atoms with Gasteiger partial charge in [-0.15, -0.1) is 0 Å². The quantitative estimate of drug-likeness (QED) is 0.720. The lowest BCUT2D eigenvalue weighted by Crippen LogP contribution is -1.87. The van der Waals surface area contributed by atoms with Crippen LogP contribution >= 0.6 is 0 Å². The molecular weight excluding hydrogens is 271 g/mol. The fourth-order valence-electron chi connectivity index (χ4n) is 1.87. The fraction of sp³-hybridized carbons (Fsp3) is 0.0667. The molecule has 3 rings (SSSR count). The van der Waals surface area contributed by atoms with Gasteiger partial charge in [-0.3, -0.25) is 0 Å². The zero-order valence-corrected chi connectivity index (χ0v) is 11.0. The van der Waals surface area contributed by atoms with Crippen molar-refractivity contribution in [2.24, 2.45) is 0 Å². The number of pyridine rings is 1. The topological polar surface area (TPSA) is 75.6 Å². The molecule has 0 N–H and O–H groups in total. The minimum atomic E-state index is -0.282. The fourth-order valence-corrected chi connectivity index (χ4v) is 1.87. The van der Waals surface area contributed by atoms with Crippen LogP contribution < -0.4 is 0 Å². The molecule has 2 aromatic heterocycles. The van der Waals surface area contributed by atoms with Gasteiger partial charge in [0.2, 0.25) is 5.82 Å². The highest BCUT2D eigenvalue weighted by atomic mass is 19.1. The van der Waals surface area contributed by atoms with E-state index in [2.05, 4.69) is 15.1 Å². The summed E-state index contributed by atoms with van der Waals surface area (Å²) in [6.07, 6.45) is 1.50. The van der Waals surface area contributed by atoms with Gasteiger partial charge in [-0.05, 0) is 42.8 Å². The first-order valence-electron chi connectivity index (χ1n) is 6.14. The van der Waals surface area contributed by atoms with Crippen molar-refractivity contribution < 1.29 is 8.91 Å². The average molecular weight is 280 g/mol. The van der Waals surface area contributed by atoms with Crippen LogP contribution in [0, 0.1) is 24.1 Å². The van der Waals surface area contributed by atoms with E-state index in [-0.39, 0.29) is 17.4 Å². The summed E-state index contributed by atoms with van der Waals surface area (Å²) in [6.45, 7) is 1.67. The predicted octanol–water partition coefficient (Wildman–Crippen LogP) is 3.12. The molecule has 0 radical (unpaired) electrons. The van der Waals surface area contributed by atoms with Crippen LogP contribution in [0.15, 0.2) is 41.1 Å². The SMILES string of the molecule is Cc1cc(-c2noc(-c3ccnc(C#N)c3)n2)ccc1F. The van der Waals surface area contributed by atoms with E-state index >= 15 is 0 Å². The minimum Gasteiger partial charge on any atom is -0.334 e. The molecule has 3 aromatic rings. The maximum absolute atomic E-state index is 13.3. The van der Waals surface area contributed by atoms with Crippen LogP contribution in [-0.4, -0.2) is 15.1 Å². The summed E-state index contributed by atoms with van der Waals surface area (Å²) in [4.78, 5) is 8.14. The van der Waals surface area contributed by atoms with Crippen molar-refractivity contribution in [1.29, 1.82) is 5.26 Å². The summed E-state index contributed by atoms with van der Waals surface area (Å²) in [5.41, 5.74) is 2.05. The predicted molar refractivity (Wildman–Crippen MR) is 72.4 cm³/mol. The van der Waals surface area contributed by atoms with Gasteiger partial charge in [-0.2, -0.15) is 10.2 Å². The second kappa shape index (κ2) is 5.13. The zero-order valence-electron chi connectivity index (χ0n) is 11.0. The molecule has 6 heteroatoms. The van der Waals surface area contributed by atoms with Crippen molar-refractivity contribution in [3.8, 4) is 28.9 Å². The number of rotatable bonds is 2. The van der Waals surface area contributed by atoms with Crippen LogP contribution in [0.3, 0.4) is 0 Å². The second-order valence-corrected chi connectivity index (χ2v) is 4.43. The number of aryl methyl sites for hydroxylation is 1. The second-order valence-electron chi connectivity index (χ2n) is 4.43. The van der Waals surface area contributed by atoms with Crippen LogP contribution in [-0.2, 0) is 0 Å². The highest BCUT2D eigenvalue weighted by Gasteiger charge is 2.12. The molecule has 2 heterocycles. The van der Waals surface area contributed by atoms with E-state index in [4.69, 9.17) is 9.78 Å². The van der Waals surface area contributed by atoms with E-state index in [1.165, 1.54) is 12.3 Å². The van der Waals surface area contributed by atoms with Gasteiger partial charge in [0.05, 0.1) is 0 Å². The van der Waals surface area contributed by atoms with Gasteiger partial charge in [-0.1, -0.05) is 5.16 Å². The van der Waals surface area contributed by atoms with Crippen LogP contribution in [0.1, 0.15) is 11.3 Å². The number of benzene rings is 1. The molecule has 0 saturated heterocycles. The molecule has 0 spiro atoms. The Morgan fingerprint density at radius 1 is 1.19 bits per heavy atom. The highest BCUT2D eigenvalue weighted by molar-refractivity contribution is 5.60. The third kappa shape index (κ3) is 2.49. The Balaban J connectivity index is 1.99. The molecule has 21 heavy (non-hydrogen) atoms. The van der Waals surface area contributed by atoms with Crippen LogP contribution in [0.2, 0.25) is 0 Å². The van der Waals surface area contributed by atoms with E-state index in [0.29, 0.717) is 22.5 Å². The summed E-state index contributed by atoms with van der Waals surface area (Å²) < 4.78 is 18.4. The number of halogens is 1. The number of hydrogen-bond donors (Lipinski definition) is 0. The molecule has 0 aliphatic carbocycles. The third-order valence-electron chi connectivity index (χ3n) is 2.96. The Morgan fingerprint density at radius 3 is 2.81 bits per heavy atom. The van der Waals surface area contributed by atoms with Gasteiger partial charge in [0.1, 0.15) is 17.6 Å². The Hall–Kier alpha value is -3.07. The number of nitriles is 1. The lowest BCUT2D eigenvalue weighted by Gasteiger charge is -1.98. The van der Waals surface area contributed by atoms with Crippen molar-refractivity contribution in [1.82, 2.24) is 15.1 Å². The van der Waals surface area contributed by atoms with Gasteiger partial charge in [0, 0.05) is 17.3 Å². The lowest BCUT2D eigenvalue weighted by molar-refractivity contribution is 0.432. The molecule has 1 aromatic carbocycles. The Morgan fingerprint density at radius 2 is 2.05 bits per heavy atom. The van der Waals surface area contributed by atoms with E-state index in [1.54, 1.807) is 31.2 Å². The highest BCUT2D eigenvalue weighted by Crippen LogP contribution is 2.23. The summed E-state index contributed by atoms with van der Waals surface area (Å²) in [6, 6.07) is 9.78.